The number of para-hydroxylation sites is 1. The van der Waals surface area contributed by atoms with Crippen molar-refractivity contribution in [1.82, 2.24) is 10.3 Å². The number of amides is 2. The van der Waals surface area contributed by atoms with E-state index < -0.39 is 6.61 Å². The Labute approximate surface area is 173 Å². The number of nitrogens with zero attached hydrogens (tertiary/aromatic N) is 1. The Morgan fingerprint density at radius 2 is 1.97 bits per heavy atom. The number of hydrogen-bond acceptors (Lipinski definition) is 6. The summed E-state index contributed by atoms with van der Waals surface area (Å²) in [5, 5.41) is 9.27. The van der Waals surface area contributed by atoms with Gasteiger partial charge in [0.25, 0.3) is 5.91 Å². The Morgan fingerprint density at radius 1 is 1.14 bits per heavy atom. The molecule has 2 amide bonds. The third-order valence-electron chi connectivity index (χ3n) is 3.74. The van der Waals surface area contributed by atoms with Crippen LogP contribution in [-0.2, 0) is 4.79 Å². The molecule has 152 valence electrons. The molecule has 0 bridgehead atoms. The summed E-state index contributed by atoms with van der Waals surface area (Å²) in [4.78, 5) is 28.8. The van der Waals surface area contributed by atoms with Crippen LogP contribution in [0.5, 0.6) is 5.75 Å². The van der Waals surface area contributed by atoms with Gasteiger partial charge in [0, 0.05) is 23.9 Å². The molecule has 0 saturated carbocycles. The Hall–Kier alpha value is -2.85. The van der Waals surface area contributed by atoms with Crippen molar-refractivity contribution < 1.29 is 23.1 Å². The SMILES string of the molecule is O=C(CCCNC(=O)c1cccs1)Nc1nc(-c2ccccc2OC(F)F)cs1. The van der Waals surface area contributed by atoms with Crippen LogP contribution >= 0.6 is 22.7 Å². The van der Waals surface area contributed by atoms with E-state index in [4.69, 9.17) is 0 Å². The number of carbonyl (C=O) groups is 2. The number of benzene rings is 1. The predicted molar refractivity (Wildman–Crippen MR) is 109 cm³/mol. The van der Waals surface area contributed by atoms with Crippen LogP contribution in [0.2, 0.25) is 0 Å². The minimum atomic E-state index is -2.94. The summed E-state index contributed by atoms with van der Waals surface area (Å²) < 4.78 is 29.6. The molecule has 0 saturated heterocycles. The van der Waals surface area contributed by atoms with Crippen molar-refractivity contribution >= 4 is 39.6 Å². The molecule has 1 aromatic carbocycles. The molecule has 0 aliphatic heterocycles. The zero-order valence-electron chi connectivity index (χ0n) is 15.1. The smallest absolute Gasteiger partial charge is 0.387 e. The maximum atomic E-state index is 12.5. The average Bonchev–Trinajstić information content (AvgIpc) is 3.37. The molecular weight excluding hydrogens is 420 g/mol. The molecule has 6 nitrogen and oxygen atoms in total. The minimum absolute atomic E-state index is 0.0205. The number of rotatable bonds is 9. The number of halogens is 2. The molecule has 0 aliphatic rings. The number of thiophene rings is 1. The van der Waals surface area contributed by atoms with Gasteiger partial charge < -0.3 is 15.4 Å². The van der Waals surface area contributed by atoms with Gasteiger partial charge in [0.05, 0.1) is 10.6 Å². The first-order valence-electron chi connectivity index (χ1n) is 8.64. The second kappa shape index (κ2) is 10.1. The quantitative estimate of drug-likeness (QED) is 0.479. The first kappa shape index (κ1) is 20.9. The lowest BCUT2D eigenvalue weighted by Crippen LogP contribution is -2.24. The van der Waals surface area contributed by atoms with Crippen LogP contribution in [0.15, 0.2) is 47.2 Å². The third-order valence-corrected chi connectivity index (χ3v) is 5.37. The summed E-state index contributed by atoms with van der Waals surface area (Å²) in [5.74, 6) is -0.379. The van der Waals surface area contributed by atoms with Gasteiger partial charge in [-0.3, -0.25) is 9.59 Å². The van der Waals surface area contributed by atoms with Crippen molar-refractivity contribution in [3.8, 4) is 17.0 Å². The standard InChI is InChI=1S/C19H17F2N3O3S2/c20-18(21)27-14-6-2-1-5-12(14)13-11-29-19(23-13)24-16(25)8-3-9-22-17(26)15-7-4-10-28-15/h1-2,4-7,10-11,18H,3,8-9H2,(H,22,26)(H,23,24,25). The van der Waals surface area contributed by atoms with Crippen LogP contribution in [0.4, 0.5) is 13.9 Å². The van der Waals surface area contributed by atoms with Gasteiger partial charge in [0.1, 0.15) is 5.75 Å². The Balaban J connectivity index is 1.49. The highest BCUT2D eigenvalue weighted by Gasteiger charge is 2.14. The molecule has 0 aliphatic carbocycles. The largest absolute Gasteiger partial charge is 0.434 e. The number of carbonyl (C=O) groups excluding carboxylic acids is 2. The van der Waals surface area contributed by atoms with E-state index in [1.54, 1.807) is 35.7 Å². The summed E-state index contributed by atoms with van der Waals surface area (Å²) in [7, 11) is 0. The van der Waals surface area contributed by atoms with Crippen molar-refractivity contribution in [2.45, 2.75) is 19.5 Å². The highest BCUT2D eigenvalue weighted by atomic mass is 32.1. The number of ether oxygens (including phenoxy) is 1. The first-order chi connectivity index (χ1) is 14.0. The monoisotopic (exact) mass is 437 g/mol. The molecule has 3 rings (SSSR count). The predicted octanol–water partition coefficient (Wildman–Crippen LogP) is 4.62. The second-order valence-electron chi connectivity index (χ2n) is 5.80. The topological polar surface area (TPSA) is 80.3 Å². The first-order valence-corrected chi connectivity index (χ1v) is 10.4. The lowest BCUT2D eigenvalue weighted by molar-refractivity contribution is -0.116. The van der Waals surface area contributed by atoms with E-state index in [0.29, 0.717) is 34.2 Å². The second-order valence-corrected chi connectivity index (χ2v) is 7.60. The molecule has 0 fully saturated rings. The van der Waals surface area contributed by atoms with Crippen LogP contribution < -0.4 is 15.4 Å². The van der Waals surface area contributed by atoms with Gasteiger partial charge >= 0.3 is 6.61 Å². The molecular formula is C19H17F2N3O3S2. The van der Waals surface area contributed by atoms with Gasteiger partial charge in [-0.1, -0.05) is 18.2 Å². The number of hydrogen-bond donors (Lipinski definition) is 2. The Bertz CT molecular complexity index is 961. The van der Waals surface area contributed by atoms with E-state index >= 15 is 0 Å². The van der Waals surface area contributed by atoms with Crippen LogP contribution in [0, 0.1) is 0 Å². The molecule has 0 spiro atoms. The fourth-order valence-electron chi connectivity index (χ4n) is 2.46. The van der Waals surface area contributed by atoms with E-state index in [-0.39, 0.29) is 24.0 Å². The maximum Gasteiger partial charge on any atom is 0.387 e. The lowest BCUT2D eigenvalue weighted by atomic mass is 10.1. The molecule has 0 radical (unpaired) electrons. The minimum Gasteiger partial charge on any atom is -0.434 e. The van der Waals surface area contributed by atoms with E-state index in [9.17, 15) is 18.4 Å². The van der Waals surface area contributed by atoms with Crippen LogP contribution in [0.25, 0.3) is 11.3 Å². The van der Waals surface area contributed by atoms with E-state index in [1.807, 2.05) is 5.38 Å². The van der Waals surface area contributed by atoms with Gasteiger partial charge in [-0.15, -0.1) is 22.7 Å². The zero-order valence-corrected chi connectivity index (χ0v) is 16.7. The molecule has 3 aromatic rings. The number of aromatic nitrogens is 1. The molecule has 29 heavy (non-hydrogen) atoms. The van der Waals surface area contributed by atoms with Crippen molar-refractivity contribution in [3.05, 3.63) is 52.0 Å². The number of alkyl halides is 2. The zero-order chi connectivity index (χ0) is 20.6. The van der Waals surface area contributed by atoms with E-state index in [1.165, 1.54) is 28.7 Å². The van der Waals surface area contributed by atoms with Crippen LogP contribution in [-0.4, -0.2) is 30.0 Å². The van der Waals surface area contributed by atoms with Gasteiger partial charge in [-0.2, -0.15) is 8.78 Å². The normalized spacial score (nSPS) is 10.7. The molecule has 0 atom stereocenters. The van der Waals surface area contributed by atoms with Crippen LogP contribution in [0.3, 0.4) is 0 Å². The van der Waals surface area contributed by atoms with E-state index in [2.05, 4.69) is 20.4 Å². The van der Waals surface area contributed by atoms with Crippen molar-refractivity contribution in [2.24, 2.45) is 0 Å². The summed E-state index contributed by atoms with van der Waals surface area (Å²) in [6, 6.07) is 9.87. The van der Waals surface area contributed by atoms with Gasteiger partial charge in [0.2, 0.25) is 5.91 Å². The number of nitrogens with one attached hydrogen (secondary N) is 2. The summed E-state index contributed by atoms with van der Waals surface area (Å²) in [5.41, 5.74) is 0.852. The highest BCUT2D eigenvalue weighted by molar-refractivity contribution is 7.14. The highest BCUT2D eigenvalue weighted by Crippen LogP contribution is 2.33. The molecule has 0 unspecified atom stereocenters. The lowest BCUT2D eigenvalue weighted by Gasteiger charge is -2.08. The van der Waals surface area contributed by atoms with Gasteiger partial charge in [-0.05, 0) is 30.0 Å². The summed E-state index contributed by atoms with van der Waals surface area (Å²) >= 11 is 2.54. The van der Waals surface area contributed by atoms with Gasteiger partial charge in [-0.25, -0.2) is 4.98 Å². The van der Waals surface area contributed by atoms with Crippen molar-refractivity contribution in [2.75, 3.05) is 11.9 Å². The van der Waals surface area contributed by atoms with Crippen LogP contribution in [0.1, 0.15) is 22.5 Å². The number of thiazole rings is 1. The molecule has 2 heterocycles. The average molecular weight is 437 g/mol. The molecule has 2 N–H and O–H groups in total. The van der Waals surface area contributed by atoms with Crippen molar-refractivity contribution in [1.29, 1.82) is 0 Å². The maximum absolute atomic E-state index is 12.5. The van der Waals surface area contributed by atoms with E-state index in [0.717, 1.165) is 0 Å². The Morgan fingerprint density at radius 3 is 2.72 bits per heavy atom. The Kier molecular flexibility index (Phi) is 7.25. The third kappa shape index (κ3) is 6.06. The number of anilines is 1. The van der Waals surface area contributed by atoms with Crippen molar-refractivity contribution in [3.63, 3.8) is 0 Å². The molecule has 10 heteroatoms. The summed E-state index contributed by atoms with van der Waals surface area (Å²) in [6.45, 7) is -2.56. The fraction of sp³-hybridized carbons (Fsp3) is 0.211. The fourth-order valence-corrected chi connectivity index (χ4v) is 3.83. The van der Waals surface area contributed by atoms with Gasteiger partial charge in [0.15, 0.2) is 5.13 Å². The molecule has 2 aromatic heterocycles. The summed E-state index contributed by atoms with van der Waals surface area (Å²) in [6.07, 6.45) is 0.691.